The van der Waals surface area contributed by atoms with Gasteiger partial charge in [0.25, 0.3) is 5.69 Å². The van der Waals surface area contributed by atoms with Crippen molar-refractivity contribution in [2.24, 2.45) is 0 Å². The maximum atomic E-state index is 11.3. The van der Waals surface area contributed by atoms with Gasteiger partial charge in [-0.3, -0.25) is 10.1 Å². The number of non-ortho nitro benzene ring substituents is 1. The Kier molecular flexibility index (Phi) is 5.11. The second kappa shape index (κ2) is 7.70. The summed E-state index contributed by atoms with van der Waals surface area (Å²) >= 11 is 12.1. The molecule has 0 N–H and O–H groups in total. The predicted molar refractivity (Wildman–Crippen MR) is 113 cm³/mol. The molecule has 7 heteroatoms. The zero-order chi connectivity index (χ0) is 19.7. The minimum absolute atomic E-state index is 0.0801. The minimum Gasteiger partial charge on any atom is -0.346 e. The molecule has 0 atom stereocenters. The molecule has 0 aromatic heterocycles. The second-order valence-corrected chi connectivity index (χ2v) is 7.44. The van der Waals surface area contributed by atoms with E-state index in [0.717, 1.165) is 30.0 Å². The van der Waals surface area contributed by atoms with E-state index in [1.807, 2.05) is 54.6 Å². The minimum atomic E-state index is -0.363. The first kappa shape index (κ1) is 18.6. The fraction of sp³-hybridized carbons (Fsp3) is 0.143. The van der Waals surface area contributed by atoms with Crippen LogP contribution in [0, 0.1) is 10.1 Å². The third-order valence-corrected chi connectivity index (χ3v) is 5.37. The van der Waals surface area contributed by atoms with Crippen LogP contribution in [0.2, 0.25) is 10.0 Å². The van der Waals surface area contributed by atoms with Crippen LogP contribution in [0.3, 0.4) is 0 Å². The first-order valence-electron chi connectivity index (χ1n) is 8.82. The molecule has 3 aromatic carbocycles. The van der Waals surface area contributed by atoms with E-state index in [1.54, 1.807) is 12.1 Å². The Labute approximate surface area is 172 Å². The number of halogens is 2. The van der Waals surface area contributed by atoms with Gasteiger partial charge in [0, 0.05) is 52.2 Å². The first-order chi connectivity index (χ1) is 13.5. The highest BCUT2D eigenvalue weighted by molar-refractivity contribution is 6.30. The third-order valence-electron chi connectivity index (χ3n) is 4.87. The summed E-state index contributed by atoms with van der Waals surface area (Å²) < 4.78 is 0. The molecule has 28 heavy (non-hydrogen) atoms. The fourth-order valence-corrected chi connectivity index (χ4v) is 3.84. The monoisotopic (exact) mass is 413 g/mol. The van der Waals surface area contributed by atoms with Crippen molar-refractivity contribution in [2.45, 2.75) is 6.17 Å². The summed E-state index contributed by atoms with van der Waals surface area (Å²) in [5.41, 5.74) is 2.96. The van der Waals surface area contributed by atoms with Gasteiger partial charge in [-0.2, -0.15) is 0 Å². The molecule has 5 nitrogen and oxygen atoms in total. The van der Waals surface area contributed by atoms with Gasteiger partial charge in [0.05, 0.1) is 4.92 Å². The molecule has 0 saturated carbocycles. The van der Waals surface area contributed by atoms with E-state index >= 15 is 0 Å². The lowest BCUT2D eigenvalue weighted by atomic mass is 10.1. The number of rotatable bonds is 4. The lowest BCUT2D eigenvalue weighted by molar-refractivity contribution is -0.384. The van der Waals surface area contributed by atoms with Crippen LogP contribution in [0.15, 0.2) is 72.8 Å². The van der Waals surface area contributed by atoms with Crippen LogP contribution in [0.1, 0.15) is 11.7 Å². The smallest absolute Gasteiger partial charge is 0.269 e. The van der Waals surface area contributed by atoms with Crippen molar-refractivity contribution in [1.82, 2.24) is 0 Å². The molecule has 0 bridgehead atoms. The van der Waals surface area contributed by atoms with Crippen LogP contribution in [-0.2, 0) is 0 Å². The van der Waals surface area contributed by atoms with Gasteiger partial charge in [0.1, 0.15) is 6.17 Å². The number of nitro benzene ring substituents is 1. The Balaban J connectivity index is 1.79. The molecule has 0 unspecified atom stereocenters. The van der Waals surface area contributed by atoms with Crippen LogP contribution in [0.4, 0.5) is 17.1 Å². The summed E-state index contributed by atoms with van der Waals surface area (Å²) in [6.45, 7) is 1.55. The average molecular weight is 414 g/mol. The van der Waals surface area contributed by atoms with Gasteiger partial charge in [0.2, 0.25) is 0 Å². The quantitative estimate of drug-likeness (QED) is 0.392. The Morgan fingerprint density at radius 3 is 1.79 bits per heavy atom. The number of hydrogen-bond acceptors (Lipinski definition) is 4. The van der Waals surface area contributed by atoms with E-state index in [4.69, 9.17) is 23.2 Å². The largest absolute Gasteiger partial charge is 0.346 e. The molecule has 3 aromatic rings. The summed E-state index contributed by atoms with van der Waals surface area (Å²) in [5.74, 6) is 0. The van der Waals surface area contributed by atoms with E-state index in [2.05, 4.69) is 9.80 Å². The predicted octanol–water partition coefficient (Wildman–Crippen LogP) is 5.93. The summed E-state index contributed by atoms with van der Waals surface area (Å²) in [6.07, 6.45) is -0.178. The Hall–Kier alpha value is -2.76. The van der Waals surface area contributed by atoms with Gasteiger partial charge < -0.3 is 9.80 Å². The van der Waals surface area contributed by atoms with Gasteiger partial charge in [-0.15, -0.1) is 0 Å². The van der Waals surface area contributed by atoms with Crippen molar-refractivity contribution >= 4 is 40.3 Å². The van der Waals surface area contributed by atoms with Gasteiger partial charge in [-0.25, -0.2) is 0 Å². The van der Waals surface area contributed by atoms with Gasteiger partial charge >= 0.3 is 0 Å². The Morgan fingerprint density at radius 1 is 0.821 bits per heavy atom. The van der Waals surface area contributed by atoms with E-state index < -0.39 is 0 Å². The average Bonchev–Trinajstić information content (AvgIpc) is 3.14. The van der Waals surface area contributed by atoms with Crippen molar-refractivity contribution < 1.29 is 4.92 Å². The SMILES string of the molecule is O=[N+]([O-])c1cccc(C2N(c3ccc(Cl)cc3)CCN2c2ccc(Cl)cc2)c1. The molecule has 1 aliphatic rings. The molecular formula is C21H17Cl2N3O2. The first-order valence-corrected chi connectivity index (χ1v) is 9.57. The van der Waals surface area contributed by atoms with Crippen LogP contribution >= 0.6 is 23.2 Å². The standard InChI is InChI=1S/C21H17Cl2N3O2/c22-16-4-8-18(9-5-16)24-12-13-25(19-10-6-17(23)7-11-19)21(24)15-2-1-3-20(14-15)26(27)28/h1-11,14,21H,12-13H2. The van der Waals surface area contributed by atoms with Gasteiger partial charge in [0.15, 0.2) is 0 Å². The number of anilines is 2. The highest BCUT2D eigenvalue weighted by atomic mass is 35.5. The van der Waals surface area contributed by atoms with Crippen molar-refractivity contribution in [1.29, 1.82) is 0 Å². The molecule has 1 aliphatic heterocycles. The Bertz CT molecular complexity index is 940. The van der Waals surface area contributed by atoms with Crippen molar-refractivity contribution in [3.63, 3.8) is 0 Å². The summed E-state index contributed by atoms with van der Waals surface area (Å²) in [7, 11) is 0. The van der Waals surface area contributed by atoms with E-state index in [9.17, 15) is 10.1 Å². The maximum Gasteiger partial charge on any atom is 0.269 e. The summed E-state index contributed by atoms with van der Waals surface area (Å²) in [5, 5.41) is 12.6. The summed E-state index contributed by atoms with van der Waals surface area (Å²) in [4.78, 5) is 15.4. The molecule has 1 fully saturated rings. The molecular weight excluding hydrogens is 397 g/mol. The highest BCUT2D eigenvalue weighted by Gasteiger charge is 2.34. The number of nitro groups is 1. The van der Waals surface area contributed by atoms with Crippen LogP contribution < -0.4 is 9.80 Å². The topological polar surface area (TPSA) is 49.6 Å². The zero-order valence-corrected chi connectivity index (χ0v) is 16.3. The lowest BCUT2D eigenvalue weighted by Gasteiger charge is -2.33. The molecule has 0 spiro atoms. The molecule has 4 rings (SSSR count). The van der Waals surface area contributed by atoms with Gasteiger partial charge in [-0.1, -0.05) is 35.3 Å². The van der Waals surface area contributed by atoms with Crippen LogP contribution in [0.25, 0.3) is 0 Å². The molecule has 0 amide bonds. The Morgan fingerprint density at radius 2 is 1.32 bits per heavy atom. The molecule has 142 valence electrons. The van der Waals surface area contributed by atoms with Crippen molar-refractivity contribution in [3.8, 4) is 0 Å². The molecule has 1 heterocycles. The maximum absolute atomic E-state index is 11.3. The fourth-order valence-electron chi connectivity index (χ4n) is 3.59. The number of benzene rings is 3. The molecule has 0 radical (unpaired) electrons. The van der Waals surface area contributed by atoms with E-state index in [0.29, 0.717) is 10.0 Å². The van der Waals surface area contributed by atoms with Crippen LogP contribution in [-0.4, -0.2) is 18.0 Å². The van der Waals surface area contributed by atoms with Crippen LogP contribution in [0.5, 0.6) is 0 Å². The number of nitrogens with zero attached hydrogens (tertiary/aromatic N) is 3. The van der Waals surface area contributed by atoms with E-state index in [-0.39, 0.29) is 16.8 Å². The zero-order valence-electron chi connectivity index (χ0n) is 14.8. The molecule has 1 saturated heterocycles. The van der Waals surface area contributed by atoms with Gasteiger partial charge in [-0.05, 0) is 48.5 Å². The normalized spacial score (nSPS) is 14.5. The van der Waals surface area contributed by atoms with E-state index in [1.165, 1.54) is 6.07 Å². The molecule has 0 aliphatic carbocycles. The number of hydrogen-bond donors (Lipinski definition) is 0. The summed E-state index contributed by atoms with van der Waals surface area (Å²) in [6, 6.07) is 22.1. The third kappa shape index (κ3) is 3.63. The lowest BCUT2D eigenvalue weighted by Crippen LogP contribution is -2.31. The van der Waals surface area contributed by atoms with Crippen molar-refractivity contribution in [2.75, 3.05) is 22.9 Å². The second-order valence-electron chi connectivity index (χ2n) is 6.57. The van der Waals surface area contributed by atoms with Crippen molar-refractivity contribution in [3.05, 3.63) is 98.5 Å². The highest BCUT2D eigenvalue weighted by Crippen LogP contribution is 2.39.